The Bertz CT molecular complexity index is 1110. The number of aromatic nitrogens is 1. The predicted octanol–water partition coefficient (Wildman–Crippen LogP) is 2.08. The van der Waals surface area contributed by atoms with E-state index in [4.69, 9.17) is 0 Å². The molecule has 0 unspecified atom stereocenters. The fourth-order valence-electron chi connectivity index (χ4n) is 4.27. The van der Waals surface area contributed by atoms with Gasteiger partial charge in [-0.3, -0.25) is 14.4 Å². The summed E-state index contributed by atoms with van der Waals surface area (Å²) in [5.41, 5.74) is -2.27. The predicted molar refractivity (Wildman–Crippen MR) is 98.6 cm³/mol. The molecule has 30 heavy (non-hydrogen) atoms. The maximum absolute atomic E-state index is 13.8. The molecule has 2 aromatic rings. The van der Waals surface area contributed by atoms with E-state index in [9.17, 15) is 32.7 Å². The van der Waals surface area contributed by atoms with Gasteiger partial charge in [-0.1, -0.05) is 0 Å². The normalized spacial score (nSPS) is 20.1. The first-order valence-corrected chi connectivity index (χ1v) is 9.37. The van der Waals surface area contributed by atoms with Crippen molar-refractivity contribution in [3.8, 4) is 5.75 Å². The molecule has 4 rings (SSSR count). The number of nitrogens with one attached hydrogen (secondary N) is 1. The number of carbonyl (C=O) groups is 2. The van der Waals surface area contributed by atoms with Gasteiger partial charge in [0.1, 0.15) is 23.0 Å². The van der Waals surface area contributed by atoms with Crippen LogP contribution in [0.5, 0.6) is 5.75 Å². The molecule has 2 atom stereocenters. The molecule has 10 heteroatoms. The van der Waals surface area contributed by atoms with E-state index in [1.54, 1.807) is 7.05 Å². The van der Waals surface area contributed by atoms with Crippen molar-refractivity contribution >= 4 is 11.8 Å². The number of likely N-dealkylation sites (N-methyl/N-ethyl adjacent to an activating group) is 1. The van der Waals surface area contributed by atoms with Crippen LogP contribution in [0, 0.1) is 17.5 Å². The van der Waals surface area contributed by atoms with E-state index in [2.05, 4.69) is 5.32 Å². The smallest absolute Gasteiger partial charge is 0.274 e. The van der Waals surface area contributed by atoms with Crippen molar-refractivity contribution in [1.29, 1.82) is 0 Å². The van der Waals surface area contributed by atoms with Crippen LogP contribution in [0.3, 0.4) is 0 Å². The third-order valence-corrected chi connectivity index (χ3v) is 5.81. The zero-order valence-corrected chi connectivity index (χ0v) is 15.9. The number of hydrogen-bond acceptors (Lipinski definition) is 4. The van der Waals surface area contributed by atoms with E-state index in [1.165, 1.54) is 15.7 Å². The van der Waals surface area contributed by atoms with Crippen molar-refractivity contribution in [3.05, 3.63) is 62.8 Å². The van der Waals surface area contributed by atoms with Crippen molar-refractivity contribution < 1.29 is 27.9 Å². The molecule has 1 aliphatic carbocycles. The van der Waals surface area contributed by atoms with Gasteiger partial charge in [-0.15, -0.1) is 0 Å². The number of benzene rings is 1. The Hall–Kier alpha value is -3.30. The Morgan fingerprint density at radius 2 is 1.80 bits per heavy atom. The SMILES string of the molecule is CN1C(=O)c2c(O)c(=O)c(C(=O)NCc3c(F)cc(F)cc3F)cn2[C@@H]2CCC[C@H]21. The largest absolute Gasteiger partial charge is 0.503 e. The third-order valence-electron chi connectivity index (χ3n) is 5.81. The van der Waals surface area contributed by atoms with Crippen LogP contribution >= 0.6 is 0 Å². The van der Waals surface area contributed by atoms with Gasteiger partial charge in [-0.2, -0.15) is 0 Å². The molecule has 1 fully saturated rings. The summed E-state index contributed by atoms with van der Waals surface area (Å²) in [5, 5.41) is 12.6. The minimum Gasteiger partial charge on any atom is -0.503 e. The third kappa shape index (κ3) is 3.03. The van der Waals surface area contributed by atoms with Gasteiger partial charge >= 0.3 is 0 Å². The number of halogens is 3. The van der Waals surface area contributed by atoms with Crippen LogP contribution in [0.4, 0.5) is 13.2 Å². The first-order chi connectivity index (χ1) is 14.2. The second-order valence-electron chi connectivity index (χ2n) is 7.49. The number of hydrogen-bond donors (Lipinski definition) is 2. The molecular weight excluding hydrogens is 403 g/mol. The molecule has 1 aromatic carbocycles. The summed E-state index contributed by atoms with van der Waals surface area (Å²) in [6, 6.07) is 0.636. The second-order valence-corrected chi connectivity index (χ2v) is 7.49. The number of rotatable bonds is 3. The molecule has 158 valence electrons. The molecule has 1 aromatic heterocycles. The van der Waals surface area contributed by atoms with Crippen LogP contribution < -0.4 is 10.7 Å². The lowest BCUT2D eigenvalue weighted by molar-refractivity contribution is 0.0616. The minimum atomic E-state index is -1.18. The van der Waals surface area contributed by atoms with Gasteiger partial charge in [0.2, 0.25) is 5.43 Å². The van der Waals surface area contributed by atoms with Crippen LogP contribution in [0.1, 0.15) is 51.7 Å². The lowest BCUT2D eigenvalue weighted by Gasteiger charge is -2.38. The van der Waals surface area contributed by atoms with E-state index in [1.807, 2.05) is 0 Å². The van der Waals surface area contributed by atoms with E-state index in [0.717, 1.165) is 12.8 Å². The van der Waals surface area contributed by atoms with Crippen LogP contribution in [0.25, 0.3) is 0 Å². The van der Waals surface area contributed by atoms with E-state index < -0.39 is 58.1 Å². The van der Waals surface area contributed by atoms with Crippen LogP contribution in [0.2, 0.25) is 0 Å². The Morgan fingerprint density at radius 1 is 1.17 bits per heavy atom. The number of fused-ring (bicyclic) bond motifs is 3. The Kier molecular flexibility index (Phi) is 4.79. The molecule has 1 saturated carbocycles. The lowest BCUT2D eigenvalue weighted by Crippen LogP contribution is -2.47. The molecular formula is C20H18F3N3O4. The fraction of sp³-hybridized carbons (Fsp3) is 0.350. The Balaban J connectivity index is 1.68. The number of carbonyl (C=O) groups excluding carboxylic acids is 2. The summed E-state index contributed by atoms with van der Waals surface area (Å²) in [7, 11) is 1.60. The summed E-state index contributed by atoms with van der Waals surface area (Å²) < 4.78 is 42.0. The Morgan fingerprint density at radius 3 is 2.47 bits per heavy atom. The molecule has 2 aliphatic rings. The second kappa shape index (κ2) is 7.19. The van der Waals surface area contributed by atoms with Crippen molar-refractivity contribution in [2.24, 2.45) is 0 Å². The first kappa shape index (κ1) is 20.0. The van der Waals surface area contributed by atoms with Gasteiger partial charge in [0.15, 0.2) is 11.4 Å². The summed E-state index contributed by atoms with van der Waals surface area (Å²) >= 11 is 0. The molecule has 2 amide bonds. The van der Waals surface area contributed by atoms with E-state index in [0.29, 0.717) is 18.6 Å². The molecule has 7 nitrogen and oxygen atoms in total. The van der Waals surface area contributed by atoms with E-state index >= 15 is 0 Å². The highest BCUT2D eigenvalue weighted by molar-refractivity contribution is 5.99. The van der Waals surface area contributed by atoms with Crippen molar-refractivity contribution in [3.63, 3.8) is 0 Å². The number of amides is 2. The maximum atomic E-state index is 13.8. The average Bonchev–Trinajstić information content (AvgIpc) is 3.17. The molecule has 2 heterocycles. The summed E-state index contributed by atoms with van der Waals surface area (Å²) in [6.45, 7) is -0.632. The standard InChI is InChI=1S/C20H18F3N3O4/c1-25-14-3-2-4-15(14)26-8-11(17(27)18(28)16(26)20(25)30)19(29)24-7-10-12(22)5-9(21)6-13(10)23/h5-6,8,14-15,28H,2-4,7H2,1H3,(H,24,29)/t14-,15-/m1/s1. The van der Waals surface area contributed by atoms with Crippen LogP contribution in [0.15, 0.2) is 23.1 Å². The monoisotopic (exact) mass is 421 g/mol. The molecule has 0 radical (unpaired) electrons. The highest BCUT2D eigenvalue weighted by atomic mass is 19.1. The quantitative estimate of drug-likeness (QED) is 0.794. The van der Waals surface area contributed by atoms with Crippen molar-refractivity contribution in [2.75, 3.05) is 7.05 Å². The maximum Gasteiger partial charge on any atom is 0.274 e. The summed E-state index contributed by atoms with van der Waals surface area (Å²) in [5.74, 6) is -5.80. The highest BCUT2D eigenvalue weighted by Gasteiger charge is 2.42. The van der Waals surface area contributed by atoms with Gasteiger partial charge in [0, 0.05) is 37.5 Å². The molecule has 1 aliphatic heterocycles. The van der Waals surface area contributed by atoms with Gasteiger partial charge in [-0.05, 0) is 19.3 Å². The summed E-state index contributed by atoms with van der Waals surface area (Å²) in [4.78, 5) is 39.2. The van der Waals surface area contributed by atoms with Gasteiger partial charge in [0.25, 0.3) is 11.8 Å². The first-order valence-electron chi connectivity index (χ1n) is 9.37. The van der Waals surface area contributed by atoms with Gasteiger partial charge in [-0.25, -0.2) is 13.2 Å². The molecule has 0 spiro atoms. The number of pyridine rings is 1. The van der Waals surface area contributed by atoms with E-state index in [-0.39, 0.29) is 17.8 Å². The van der Waals surface area contributed by atoms with Crippen LogP contribution in [-0.2, 0) is 6.54 Å². The van der Waals surface area contributed by atoms with Crippen molar-refractivity contribution in [1.82, 2.24) is 14.8 Å². The zero-order valence-electron chi connectivity index (χ0n) is 15.9. The minimum absolute atomic E-state index is 0.120. The molecule has 0 saturated heterocycles. The van der Waals surface area contributed by atoms with Gasteiger partial charge in [0.05, 0.1) is 12.1 Å². The molecule has 0 bridgehead atoms. The van der Waals surface area contributed by atoms with Gasteiger partial charge < -0.3 is 19.9 Å². The number of aromatic hydroxyl groups is 1. The number of nitrogens with zero attached hydrogens (tertiary/aromatic N) is 2. The fourth-order valence-corrected chi connectivity index (χ4v) is 4.27. The zero-order chi connectivity index (χ0) is 21.7. The Labute approximate surface area is 168 Å². The molecule has 2 N–H and O–H groups in total. The topological polar surface area (TPSA) is 91.6 Å². The highest BCUT2D eigenvalue weighted by Crippen LogP contribution is 2.39. The van der Waals surface area contributed by atoms with Crippen LogP contribution in [-0.4, -0.2) is 39.5 Å². The summed E-state index contributed by atoms with van der Waals surface area (Å²) in [6.07, 6.45) is 3.50. The lowest BCUT2D eigenvalue weighted by atomic mass is 10.0. The van der Waals surface area contributed by atoms with Crippen molar-refractivity contribution in [2.45, 2.75) is 37.9 Å². The average molecular weight is 421 g/mol.